The van der Waals surface area contributed by atoms with Crippen molar-refractivity contribution in [1.29, 1.82) is 0 Å². The smallest absolute Gasteiger partial charge is 0.251 e. The zero-order valence-corrected chi connectivity index (χ0v) is 19.9. The van der Waals surface area contributed by atoms with Gasteiger partial charge in [0.2, 0.25) is 5.91 Å². The van der Waals surface area contributed by atoms with E-state index in [1.165, 1.54) is 17.7 Å². The minimum absolute atomic E-state index is 0.00395. The van der Waals surface area contributed by atoms with Gasteiger partial charge in [-0.3, -0.25) is 9.59 Å². The fraction of sp³-hybridized carbons (Fsp3) is 0.481. The predicted molar refractivity (Wildman–Crippen MR) is 131 cm³/mol. The van der Waals surface area contributed by atoms with E-state index in [4.69, 9.17) is 0 Å². The lowest BCUT2D eigenvalue weighted by molar-refractivity contribution is -0.134. The molecule has 4 rings (SSSR count). The molecule has 2 aliphatic rings. The average Bonchev–Trinajstić information content (AvgIpc) is 3.55. The molecule has 1 saturated heterocycles. The monoisotopic (exact) mass is 466 g/mol. The summed E-state index contributed by atoms with van der Waals surface area (Å²) in [5, 5.41) is 9.89. The lowest BCUT2D eigenvalue weighted by Gasteiger charge is -2.31. The number of carbonyl (C=O) groups is 2. The van der Waals surface area contributed by atoms with Gasteiger partial charge < -0.3 is 20.9 Å². The van der Waals surface area contributed by atoms with Crippen LogP contribution < -0.4 is 16.0 Å². The standard InChI is InChI=1S/C27H35FN4O2/c1-27(19-23(27)20-10-12-22(28)13-11-20)30-14-6-5-9-24(26(34)32-17-15-29-16-18-32)31-25(33)21-7-3-2-4-8-21/h2-4,7-8,10-13,23-24,29-30H,5-6,9,14-19H2,1H3,(H,31,33)/t23-,24-,27+/m0/s1. The van der Waals surface area contributed by atoms with Crippen molar-refractivity contribution in [2.24, 2.45) is 0 Å². The lowest BCUT2D eigenvalue weighted by atomic mass is 10.1. The van der Waals surface area contributed by atoms with Crippen molar-refractivity contribution in [3.05, 3.63) is 71.5 Å². The van der Waals surface area contributed by atoms with Gasteiger partial charge in [0.1, 0.15) is 11.9 Å². The number of carbonyl (C=O) groups excluding carboxylic acids is 2. The Hall–Kier alpha value is -2.77. The van der Waals surface area contributed by atoms with Crippen molar-refractivity contribution < 1.29 is 14.0 Å². The third-order valence-electron chi connectivity index (χ3n) is 7.03. The minimum Gasteiger partial charge on any atom is -0.340 e. The third kappa shape index (κ3) is 6.21. The normalized spacial score (nSPS) is 22.8. The molecule has 2 aromatic rings. The molecular formula is C27H35FN4O2. The molecule has 1 heterocycles. The van der Waals surface area contributed by atoms with Crippen LogP contribution in [0.25, 0.3) is 0 Å². The first kappa shape index (κ1) is 24.4. The first-order chi connectivity index (χ1) is 16.5. The Labute approximate surface area is 201 Å². The zero-order chi connectivity index (χ0) is 24.0. The van der Waals surface area contributed by atoms with Crippen LogP contribution in [0.3, 0.4) is 0 Å². The molecule has 3 N–H and O–H groups in total. The van der Waals surface area contributed by atoms with E-state index in [1.54, 1.807) is 12.1 Å². The van der Waals surface area contributed by atoms with E-state index in [0.29, 0.717) is 31.0 Å². The molecule has 2 aromatic carbocycles. The van der Waals surface area contributed by atoms with Gasteiger partial charge in [0.15, 0.2) is 0 Å². The number of hydrogen-bond donors (Lipinski definition) is 3. The number of amides is 2. The van der Waals surface area contributed by atoms with Crippen molar-refractivity contribution in [2.75, 3.05) is 32.7 Å². The summed E-state index contributed by atoms with van der Waals surface area (Å²) >= 11 is 0. The van der Waals surface area contributed by atoms with E-state index < -0.39 is 6.04 Å². The SMILES string of the molecule is C[C@@]1(NCCCC[C@H](NC(=O)c2ccccc2)C(=O)N2CCNCC2)C[C@H]1c1ccc(F)cc1. The first-order valence-electron chi connectivity index (χ1n) is 12.3. The van der Waals surface area contributed by atoms with Gasteiger partial charge in [0, 0.05) is 43.2 Å². The van der Waals surface area contributed by atoms with Crippen LogP contribution in [-0.4, -0.2) is 61.0 Å². The molecule has 3 atom stereocenters. The molecule has 1 aliphatic heterocycles. The van der Waals surface area contributed by atoms with Crippen molar-refractivity contribution in [1.82, 2.24) is 20.9 Å². The Kier molecular flexibility index (Phi) is 7.95. The predicted octanol–water partition coefficient (Wildman–Crippen LogP) is 3.06. The summed E-state index contributed by atoms with van der Waals surface area (Å²) in [5.74, 6) is -0.00672. The number of benzene rings is 2. The Morgan fingerprint density at radius 1 is 1.09 bits per heavy atom. The molecule has 0 aromatic heterocycles. The van der Waals surface area contributed by atoms with E-state index in [0.717, 1.165) is 38.9 Å². The number of nitrogens with zero attached hydrogens (tertiary/aromatic N) is 1. The number of piperazine rings is 1. The molecule has 34 heavy (non-hydrogen) atoms. The fourth-order valence-electron chi connectivity index (χ4n) is 4.78. The van der Waals surface area contributed by atoms with Gasteiger partial charge in [-0.2, -0.15) is 0 Å². The Morgan fingerprint density at radius 2 is 1.79 bits per heavy atom. The second-order valence-corrected chi connectivity index (χ2v) is 9.62. The van der Waals surface area contributed by atoms with Gasteiger partial charge in [-0.15, -0.1) is 0 Å². The van der Waals surface area contributed by atoms with Gasteiger partial charge >= 0.3 is 0 Å². The second-order valence-electron chi connectivity index (χ2n) is 9.62. The van der Waals surface area contributed by atoms with Crippen LogP contribution in [0.5, 0.6) is 0 Å². The molecule has 0 spiro atoms. The van der Waals surface area contributed by atoms with Crippen molar-refractivity contribution in [3.8, 4) is 0 Å². The summed E-state index contributed by atoms with van der Waals surface area (Å²) < 4.78 is 13.2. The number of halogens is 1. The second kappa shape index (κ2) is 11.1. The van der Waals surface area contributed by atoms with Crippen LogP contribution in [0.1, 0.15) is 54.4 Å². The summed E-state index contributed by atoms with van der Waals surface area (Å²) in [6.07, 6.45) is 3.40. The quantitative estimate of drug-likeness (QED) is 0.471. The van der Waals surface area contributed by atoms with Crippen molar-refractivity contribution >= 4 is 11.8 Å². The largest absolute Gasteiger partial charge is 0.340 e. The lowest BCUT2D eigenvalue weighted by Crippen LogP contribution is -2.54. The summed E-state index contributed by atoms with van der Waals surface area (Å²) in [6, 6.07) is 15.3. The maximum Gasteiger partial charge on any atom is 0.251 e. The Bertz CT molecular complexity index is 962. The molecule has 0 bridgehead atoms. The molecule has 7 heteroatoms. The number of rotatable bonds is 10. The van der Waals surface area contributed by atoms with E-state index >= 15 is 0 Å². The van der Waals surface area contributed by atoms with Crippen LogP contribution in [0.15, 0.2) is 54.6 Å². The van der Waals surface area contributed by atoms with Gasteiger partial charge in [0.25, 0.3) is 5.91 Å². The van der Waals surface area contributed by atoms with Crippen LogP contribution in [0.2, 0.25) is 0 Å². The topological polar surface area (TPSA) is 73.5 Å². The van der Waals surface area contributed by atoms with Gasteiger partial charge in [-0.1, -0.05) is 30.3 Å². The maximum absolute atomic E-state index is 13.2. The fourth-order valence-corrected chi connectivity index (χ4v) is 4.78. The van der Waals surface area contributed by atoms with Gasteiger partial charge in [0.05, 0.1) is 0 Å². The highest BCUT2D eigenvalue weighted by atomic mass is 19.1. The molecular weight excluding hydrogens is 431 g/mol. The molecule has 1 saturated carbocycles. The molecule has 0 unspecified atom stereocenters. The van der Waals surface area contributed by atoms with Crippen LogP contribution >= 0.6 is 0 Å². The minimum atomic E-state index is -0.519. The first-order valence-corrected chi connectivity index (χ1v) is 12.3. The Morgan fingerprint density at radius 3 is 2.50 bits per heavy atom. The number of nitrogens with one attached hydrogen (secondary N) is 3. The van der Waals surface area contributed by atoms with E-state index in [-0.39, 0.29) is 23.2 Å². The number of hydrogen-bond acceptors (Lipinski definition) is 4. The molecule has 1 aliphatic carbocycles. The summed E-state index contributed by atoms with van der Waals surface area (Å²) in [5.41, 5.74) is 1.77. The molecule has 6 nitrogen and oxygen atoms in total. The molecule has 0 radical (unpaired) electrons. The summed E-state index contributed by atoms with van der Waals surface area (Å²) in [4.78, 5) is 27.7. The summed E-state index contributed by atoms with van der Waals surface area (Å²) in [6.45, 7) is 5.95. The van der Waals surface area contributed by atoms with Crippen LogP contribution in [0, 0.1) is 5.82 Å². The summed E-state index contributed by atoms with van der Waals surface area (Å²) in [7, 11) is 0. The average molecular weight is 467 g/mol. The molecule has 2 fully saturated rings. The molecule has 2 amide bonds. The van der Waals surface area contributed by atoms with E-state index in [2.05, 4.69) is 22.9 Å². The van der Waals surface area contributed by atoms with Gasteiger partial charge in [-0.25, -0.2) is 4.39 Å². The van der Waals surface area contributed by atoms with Gasteiger partial charge in [-0.05, 0) is 69.0 Å². The van der Waals surface area contributed by atoms with E-state index in [9.17, 15) is 14.0 Å². The van der Waals surface area contributed by atoms with Crippen LogP contribution in [0.4, 0.5) is 4.39 Å². The highest BCUT2D eigenvalue weighted by Gasteiger charge is 2.50. The van der Waals surface area contributed by atoms with Crippen molar-refractivity contribution in [2.45, 2.75) is 50.1 Å². The third-order valence-corrected chi connectivity index (χ3v) is 7.03. The highest BCUT2D eigenvalue weighted by Crippen LogP contribution is 2.51. The number of unbranched alkanes of at least 4 members (excludes halogenated alkanes) is 1. The van der Waals surface area contributed by atoms with E-state index in [1.807, 2.05) is 35.2 Å². The maximum atomic E-state index is 13.2. The Balaban J connectivity index is 1.26. The highest BCUT2D eigenvalue weighted by molar-refractivity contribution is 5.97. The van der Waals surface area contributed by atoms with Crippen LogP contribution in [-0.2, 0) is 4.79 Å². The molecule has 182 valence electrons. The van der Waals surface area contributed by atoms with Crippen molar-refractivity contribution in [3.63, 3.8) is 0 Å². The zero-order valence-electron chi connectivity index (χ0n) is 19.9.